The maximum atomic E-state index is 14.0. The van der Waals surface area contributed by atoms with Gasteiger partial charge in [-0.15, -0.1) is 6.42 Å². The number of hydrogen-bond acceptors (Lipinski definition) is 2. The molecule has 0 fully saturated rings. The zero-order valence-corrected chi connectivity index (χ0v) is 13.2. The van der Waals surface area contributed by atoms with E-state index in [2.05, 4.69) is 10.9 Å². The van der Waals surface area contributed by atoms with Crippen molar-refractivity contribution in [2.75, 3.05) is 0 Å². The molecule has 112 valence electrons. The van der Waals surface area contributed by atoms with E-state index in [0.717, 1.165) is 6.07 Å². The van der Waals surface area contributed by atoms with E-state index < -0.39 is 11.9 Å². The largest absolute Gasteiger partial charge is 0.476 e. The Morgan fingerprint density at radius 2 is 2.00 bits per heavy atom. The maximum absolute atomic E-state index is 14.0. The fourth-order valence-corrected chi connectivity index (χ4v) is 2.08. The summed E-state index contributed by atoms with van der Waals surface area (Å²) in [6.07, 6.45) is 4.76. The minimum atomic E-state index is -0.597. The molecular formula is C17H12Cl2FNO. The number of aliphatic imine (C=N–C) groups is 1. The number of terminal acetylenes is 1. The molecule has 22 heavy (non-hydrogen) atoms. The summed E-state index contributed by atoms with van der Waals surface area (Å²) in [5.74, 6) is 2.06. The number of nitrogens with zero attached hydrogens (tertiary/aromatic N) is 1. The lowest BCUT2D eigenvalue weighted by atomic mass is 10.2. The summed E-state index contributed by atoms with van der Waals surface area (Å²) >= 11 is 12.1. The van der Waals surface area contributed by atoms with Crippen molar-refractivity contribution >= 4 is 34.1 Å². The van der Waals surface area contributed by atoms with E-state index in [9.17, 15) is 4.39 Å². The highest BCUT2D eigenvalue weighted by Gasteiger charge is 2.12. The van der Waals surface area contributed by atoms with Crippen molar-refractivity contribution in [2.24, 2.45) is 4.99 Å². The zero-order valence-electron chi connectivity index (χ0n) is 11.7. The molecule has 0 aliphatic rings. The third-order valence-electron chi connectivity index (χ3n) is 2.77. The Balaban J connectivity index is 2.39. The fourth-order valence-electron chi connectivity index (χ4n) is 1.66. The van der Waals surface area contributed by atoms with Crippen LogP contribution in [0.3, 0.4) is 0 Å². The van der Waals surface area contributed by atoms with E-state index in [1.54, 1.807) is 19.1 Å². The first-order valence-corrected chi connectivity index (χ1v) is 7.18. The van der Waals surface area contributed by atoms with Gasteiger partial charge in [0.15, 0.2) is 11.9 Å². The summed E-state index contributed by atoms with van der Waals surface area (Å²) in [6, 6.07) is 11.5. The van der Waals surface area contributed by atoms with Crippen LogP contribution < -0.4 is 4.74 Å². The van der Waals surface area contributed by atoms with Crippen molar-refractivity contribution in [1.82, 2.24) is 0 Å². The molecule has 0 saturated carbocycles. The second kappa shape index (κ2) is 7.31. The number of rotatable bonds is 4. The van der Waals surface area contributed by atoms with Gasteiger partial charge in [0.2, 0.25) is 0 Å². The smallest absolute Gasteiger partial charge is 0.156 e. The molecule has 0 radical (unpaired) electrons. The summed E-state index contributed by atoms with van der Waals surface area (Å²) in [6.45, 7) is 1.68. The number of hydrogen-bond donors (Lipinski definition) is 0. The van der Waals surface area contributed by atoms with Crippen LogP contribution >= 0.6 is 23.2 Å². The highest BCUT2D eigenvalue weighted by Crippen LogP contribution is 2.33. The van der Waals surface area contributed by atoms with Gasteiger partial charge in [-0.1, -0.05) is 59.5 Å². The number of halogens is 3. The number of ether oxygens (including phenoxy) is 1. The number of benzene rings is 2. The first-order chi connectivity index (χ1) is 10.5. The van der Waals surface area contributed by atoms with E-state index in [1.807, 2.05) is 18.2 Å². The van der Waals surface area contributed by atoms with Crippen LogP contribution in [-0.2, 0) is 0 Å². The quantitative estimate of drug-likeness (QED) is 0.556. The molecule has 0 saturated heterocycles. The summed E-state index contributed by atoms with van der Waals surface area (Å²) in [5, 5.41) is 0.284. The van der Waals surface area contributed by atoms with Gasteiger partial charge in [0.1, 0.15) is 16.6 Å². The highest BCUT2D eigenvalue weighted by atomic mass is 35.5. The van der Waals surface area contributed by atoms with Crippen LogP contribution in [0.2, 0.25) is 5.02 Å². The topological polar surface area (TPSA) is 21.6 Å². The summed E-state index contributed by atoms with van der Waals surface area (Å²) in [7, 11) is 0. The predicted octanol–water partition coefficient (Wildman–Crippen LogP) is 5.20. The maximum Gasteiger partial charge on any atom is 0.156 e. The third kappa shape index (κ3) is 4.00. The molecule has 2 aromatic rings. The molecule has 0 spiro atoms. The summed E-state index contributed by atoms with van der Waals surface area (Å²) in [4.78, 5) is 4.08. The summed E-state index contributed by atoms with van der Waals surface area (Å²) < 4.78 is 19.4. The van der Waals surface area contributed by atoms with Gasteiger partial charge in [-0.25, -0.2) is 9.38 Å². The van der Waals surface area contributed by atoms with E-state index in [4.69, 9.17) is 34.4 Å². The minimum Gasteiger partial charge on any atom is -0.476 e. The van der Waals surface area contributed by atoms with Gasteiger partial charge in [0, 0.05) is 11.6 Å². The Kier molecular flexibility index (Phi) is 5.43. The molecule has 0 amide bonds. The molecule has 0 aliphatic heterocycles. The van der Waals surface area contributed by atoms with Gasteiger partial charge >= 0.3 is 0 Å². The van der Waals surface area contributed by atoms with Gasteiger partial charge in [0.25, 0.3) is 0 Å². The monoisotopic (exact) mass is 335 g/mol. The predicted molar refractivity (Wildman–Crippen MR) is 88.8 cm³/mol. The molecule has 5 heteroatoms. The van der Waals surface area contributed by atoms with Gasteiger partial charge in [-0.2, -0.15) is 0 Å². The third-order valence-corrected chi connectivity index (χ3v) is 3.37. The Morgan fingerprint density at radius 1 is 1.32 bits per heavy atom. The van der Waals surface area contributed by atoms with Crippen molar-refractivity contribution < 1.29 is 9.13 Å². The first kappa shape index (κ1) is 16.4. The van der Waals surface area contributed by atoms with Gasteiger partial charge < -0.3 is 4.74 Å². The van der Waals surface area contributed by atoms with Gasteiger partial charge in [-0.05, 0) is 13.0 Å². The Labute approximate surface area is 138 Å². The molecule has 0 heterocycles. The van der Waals surface area contributed by atoms with Crippen LogP contribution in [0.15, 0.2) is 47.5 Å². The molecule has 2 aromatic carbocycles. The van der Waals surface area contributed by atoms with Gasteiger partial charge in [-0.3, -0.25) is 0 Å². The van der Waals surface area contributed by atoms with E-state index >= 15 is 0 Å². The second-order valence-electron chi connectivity index (χ2n) is 4.43. The lowest BCUT2D eigenvalue weighted by Gasteiger charge is -2.11. The van der Waals surface area contributed by atoms with E-state index in [-0.39, 0.29) is 21.6 Å². The normalized spacial score (nSPS) is 12.6. The highest BCUT2D eigenvalue weighted by molar-refractivity contribution is 6.69. The Bertz CT molecular complexity index is 738. The lowest BCUT2D eigenvalue weighted by molar-refractivity contribution is 0.279. The fraction of sp³-hybridized carbons (Fsp3) is 0.118. The van der Waals surface area contributed by atoms with Crippen LogP contribution in [0.25, 0.3) is 0 Å². The SMILES string of the molecule is C#CC(C)Oc1cc(N=C(Cl)c2ccccc2)c(F)cc1Cl. The molecule has 0 bridgehead atoms. The molecule has 2 rings (SSSR count). The zero-order chi connectivity index (χ0) is 16.1. The standard InChI is InChI=1S/C17H12Cl2FNO/c1-3-11(2)22-16-10-15(14(20)9-13(16)18)21-17(19)12-7-5-4-6-8-12/h1,4-11H,2H3. The van der Waals surface area contributed by atoms with Crippen LogP contribution in [0, 0.1) is 18.2 Å². The van der Waals surface area contributed by atoms with Crippen LogP contribution in [0.1, 0.15) is 12.5 Å². The van der Waals surface area contributed by atoms with E-state index in [1.165, 1.54) is 6.07 Å². The molecule has 1 unspecified atom stereocenters. The van der Waals surface area contributed by atoms with Crippen LogP contribution in [0.5, 0.6) is 5.75 Å². The van der Waals surface area contributed by atoms with Crippen molar-refractivity contribution in [3.8, 4) is 18.1 Å². The Hall–Kier alpha value is -2.02. The van der Waals surface area contributed by atoms with Crippen molar-refractivity contribution in [3.05, 3.63) is 58.9 Å². The average molecular weight is 336 g/mol. The molecule has 0 aliphatic carbocycles. The van der Waals surface area contributed by atoms with Crippen molar-refractivity contribution in [1.29, 1.82) is 0 Å². The molecule has 1 atom stereocenters. The average Bonchev–Trinajstić information content (AvgIpc) is 2.52. The minimum absolute atomic E-state index is 0.0254. The van der Waals surface area contributed by atoms with E-state index in [0.29, 0.717) is 5.56 Å². The van der Waals surface area contributed by atoms with Crippen molar-refractivity contribution in [3.63, 3.8) is 0 Å². The second-order valence-corrected chi connectivity index (χ2v) is 5.19. The molecular weight excluding hydrogens is 324 g/mol. The van der Waals surface area contributed by atoms with Crippen LogP contribution in [0.4, 0.5) is 10.1 Å². The van der Waals surface area contributed by atoms with Crippen molar-refractivity contribution in [2.45, 2.75) is 13.0 Å². The summed E-state index contributed by atoms with van der Waals surface area (Å²) in [5.41, 5.74) is 0.704. The van der Waals surface area contributed by atoms with Gasteiger partial charge in [0.05, 0.1) is 5.02 Å². The van der Waals surface area contributed by atoms with Crippen LogP contribution in [-0.4, -0.2) is 11.3 Å². The molecule has 0 aromatic heterocycles. The molecule has 2 nitrogen and oxygen atoms in total. The lowest BCUT2D eigenvalue weighted by Crippen LogP contribution is -2.08. The molecule has 0 N–H and O–H groups in total. The first-order valence-electron chi connectivity index (χ1n) is 6.42. The Morgan fingerprint density at radius 3 is 2.64 bits per heavy atom.